The Hall–Kier alpha value is -2.40. The summed E-state index contributed by atoms with van der Waals surface area (Å²) < 4.78 is 16.3. The van der Waals surface area contributed by atoms with Gasteiger partial charge in [0.05, 0.1) is 29.8 Å². The van der Waals surface area contributed by atoms with Gasteiger partial charge in [0.15, 0.2) is 23.9 Å². The molecule has 0 saturated heterocycles. The van der Waals surface area contributed by atoms with Gasteiger partial charge in [-0.2, -0.15) is 5.26 Å². The van der Waals surface area contributed by atoms with E-state index >= 15 is 0 Å². The molecule has 0 heterocycles. The number of carbonyl (C=O) groups excluding carboxylic acids is 2. The molecule has 1 N–H and O–H groups in total. The van der Waals surface area contributed by atoms with E-state index < -0.39 is 24.3 Å². The van der Waals surface area contributed by atoms with E-state index in [1.807, 2.05) is 6.92 Å². The lowest BCUT2D eigenvalue weighted by molar-refractivity contribution is -0.122. The van der Waals surface area contributed by atoms with Gasteiger partial charge in [-0.05, 0) is 41.4 Å². The van der Waals surface area contributed by atoms with Crippen LogP contribution in [0.3, 0.4) is 0 Å². The second-order valence-corrected chi connectivity index (χ2v) is 5.98. The highest BCUT2D eigenvalue weighted by molar-refractivity contribution is 9.10. The van der Waals surface area contributed by atoms with Crippen LogP contribution in [-0.4, -0.2) is 37.8 Å². The summed E-state index contributed by atoms with van der Waals surface area (Å²) in [7, 11) is 1.45. The number of benzene rings is 1. The lowest BCUT2D eigenvalue weighted by Gasteiger charge is -2.14. The van der Waals surface area contributed by atoms with Gasteiger partial charge in [0.25, 0.3) is 0 Å². The van der Waals surface area contributed by atoms with Crippen molar-refractivity contribution in [2.24, 2.45) is 5.92 Å². The number of ether oxygens (including phenoxy) is 3. The third-order valence-corrected chi connectivity index (χ3v) is 3.73. The van der Waals surface area contributed by atoms with E-state index in [4.69, 9.17) is 24.9 Å². The number of hydrogen-bond acceptors (Lipinski definition) is 7. The fourth-order valence-corrected chi connectivity index (χ4v) is 2.45. The minimum atomic E-state index is -1.21. The molecule has 0 aromatic heterocycles. The first-order chi connectivity index (χ1) is 11.8. The molecule has 134 valence electrons. The summed E-state index contributed by atoms with van der Waals surface area (Å²) in [5.41, 5.74) is 0.0749. The number of rotatable bonds is 9. The van der Waals surface area contributed by atoms with E-state index in [2.05, 4.69) is 15.9 Å². The average molecular weight is 411 g/mol. The normalized spacial score (nSPS) is 11.2. The summed E-state index contributed by atoms with van der Waals surface area (Å²) in [5.74, 6) is -1.77. The van der Waals surface area contributed by atoms with Crippen LogP contribution in [0.4, 0.5) is 0 Å². The van der Waals surface area contributed by atoms with Crippen molar-refractivity contribution in [3.05, 3.63) is 22.2 Å². The number of carbonyl (C=O) groups is 2. The maximum Gasteiger partial charge on any atom is 0.338 e. The first-order valence-corrected chi connectivity index (χ1v) is 8.29. The summed E-state index contributed by atoms with van der Waals surface area (Å²) >= 11 is 3.32. The van der Waals surface area contributed by atoms with Crippen LogP contribution in [0.15, 0.2) is 16.6 Å². The Labute approximate surface area is 154 Å². The number of hydrogen-bond donors (Lipinski definition) is 1. The zero-order valence-corrected chi connectivity index (χ0v) is 15.8. The summed E-state index contributed by atoms with van der Waals surface area (Å²) in [6.45, 7) is 3.23. The van der Waals surface area contributed by atoms with Crippen LogP contribution in [0.5, 0.6) is 11.5 Å². The fourth-order valence-electron chi connectivity index (χ4n) is 1.90. The Morgan fingerprint density at radius 3 is 2.60 bits per heavy atom. The number of nitrogens with zero attached hydrogens (tertiary/aromatic N) is 1. The van der Waals surface area contributed by atoms with Gasteiger partial charge in [-0.15, -0.1) is 0 Å². The molecule has 7 nitrogen and oxygen atoms in total. The molecule has 0 aliphatic carbocycles. The van der Waals surface area contributed by atoms with Gasteiger partial charge < -0.3 is 19.6 Å². The van der Waals surface area contributed by atoms with Gasteiger partial charge >= 0.3 is 5.97 Å². The van der Waals surface area contributed by atoms with Gasteiger partial charge in [0.2, 0.25) is 0 Å². The fraction of sp³-hybridized carbons (Fsp3) is 0.412. The molecule has 0 saturated carbocycles. The number of methoxy groups -OCH3 is 1. The van der Waals surface area contributed by atoms with Gasteiger partial charge in [0.1, 0.15) is 5.92 Å². The summed E-state index contributed by atoms with van der Waals surface area (Å²) in [5, 5.41) is 16.2. The number of nitriles is 1. The Morgan fingerprint density at radius 2 is 2.08 bits per heavy atom. The molecular weight excluding hydrogens is 392 g/mol. The average Bonchev–Trinajstić information content (AvgIpc) is 2.58. The Bertz CT molecular complexity index is 712. The first kappa shape index (κ1) is 20.6. The topological polar surface area (TPSA) is 109 Å². The van der Waals surface area contributed by atoms with E-state index in [0.29, 0.717) is 22.6 Å². The van der Waals surface area contributed by atoms with Gasteiger partial charge in [-0.25, -0.2) is 4.79 Å². The maximum atomic E-state index is 12.1. The van der Waals surface area contributed by atoms with E-state index in [9.17, 15) is 9.59 Å². The number of Topliss-reactive ketones (excluding diaryl/α,β-unsaturated/α-hetero) is 1. The molecule has 8 heteroatoms. The largest absolute Gasteiger partial charge is 0.493 e. The molecule has 25 heavy (non-hydrogen) atoms. The maximum absolute atomic E-state index is 12.1. The van der Waals surface area contributed by atoms with Crippen LogP contribution in [0.1, 0.15) is 30.6 Å². The lowest BCUT2D eigenvalue weighted by atomic mass is 10.0. The molecule has 0 amide bonds. The van der Waals surface area contributed by atoms with Crippen molar-refractivity contribution >= 4 is 33.4 Å². The molecule has 0 aliphatic heterocycles. The molecule has 0 aliphatic rings. The summed E-state index contributed by atoms with van der Waals surface area (Å²) in [4.78, 5) is 24.0. The first-order valence-electron chi connectivity index (χ1n) is 7.50. The SMILES string of the molecule is CCCOc1c(Br)cc(C(=O)OCC(=O)[C@@H](C#N)C(C)=N)cc1OC. The molecule has 0 spiro atoms. The Morgan fingerprint density at radius 1 is 1.40 bits per heavy atom. The Balaban J connectivity index is 2.89. The molecule has 1 rings (SSSR count). The number of esters is 1. The monoisotopic (exact) mass is 410 g/mol. The molecule has 0 bridgehead atoms. The summed E-state index contributed by atoms with van der Waals surface area (Å²) in [6.07, 6.45) is 0.813. The van der Waals surface area contributed by atoms with E-state index in [1.54, 1.807) is 6.07 Å². The molecule has 0 radical (unpaired) electrons. The zero-order chi connectivity index (χ0) is 19.0. The number of ketones is 1. The van der Waals surface area contributed by atoms with Crippen LogP contribution in [0.25, 0.3) is 0 Å². The molecule has 0 fully saturated rings. The number of halogens is 1. The second kappa shape index (κ2) is 9.79. The zero-order valence-electron chi connectivity index (χ0n) is 14.2. The van der Waals surface area contributed by atoms with Crippen molar-refractivity contribution in [2.75, 3.05) is 20.3 Å². The smallest absolute Gasteiger partial charge is 0.338 e. The van der Waals surface area contributed by atoms with Crippen LogP contribution in [0.2, 0.25) is 0 Å². The summed E-state index contributed by atoms with van der Waals surface area (Å²) in [6, 6.07) is 4.66. The van der Waals surface area contributed by atoms with Crippen molar-refractivity contribution in [1.29, 1.82) is 10.7 Å². The molecular formula is C17H19BrN2O5. The minimum absolute atomic E-state index is 0.0922. The number of nitrogens with one attached hydrogen (secondary N) is 1. The van der Waals surface area contributed by atoms with Crippen LogP contribution < -0.4 is 9.47 Å². The van der Waals surface area contributed by atoms with Gasteiger partial charge in [0, 0.05) is 5.71 Å². The van der Waals surface area contributed by atoms with Gasteiger partial charge in [-0.3, -0.25) is 4.79 Å². The van der Waals surface area contributed by atoms with Crippen molar-refractivity contribution in [2.45, 2.75) is 20.3 Å². The highest BCUT2D eigenvalue weighted by atomic mass is 79.9. The molecule has 1 aromatic carbocycles. The highest BCUT2D eigenvalue weighted by Gasteiger charge is 2.23. The van der Waals surface area contributed by atoms with E-state index in [1.165, 1.54) is 26.2 Å². The Kier molecular flexibility index (Phi) is 8.08. The highest BCUT2D eigenvalue weighted by Crippen LogP contribution is 2.37. The van der Waals surface area contributed by atoms with Gasteiger partial charge in [-0.1, -0.05) is 6.92 Å². The van der Waals surface area contributed by atoms with E-state index in [-0.39, 0.29) is 11.3 Å². The minimum Gasteiger partial charge on any atom is -0.493 e. The van der Waals surface area contributed by atoms with Crippen molar-refractivity contribution in [3.8, 4) is 17.6 Å². The third-order valence-electron chi connectivity index (χ3n) is 3.15. The van der Waals surface area contributed by atoms with Crippen molar-refractivity contribution in [3.63, 3.8) is 0 Å². The van der Waals surface area contributed by atoms with Crippen LogP contribution in [0, 0.1) is 22.7 Å². The van der Waals surface area contributed by atoms with Crippen LogP contribution >= 0.6 is 15.9 Å². The van der Waals surface area contributed by atoms with Crippen molar-refractivity contribution in [1.82, 2.24) is 0 Å². The standard InChI is InChI=1S/C17H19BrN2O5/c1-4-5-24-16-13(18)6-11(7-15(16)23-3)17(22)25-9-14(21)12(8-19)10(2)20/h6-7,12,20H,4-5,9H2,1-3H3/t12-/m0/s1. The third kappa shape index (κ3) is 5.57. The predicted octanol–water partition coefficient (Wildman–Crippen LogP) is 3.15. The molecule has 1 aromatic rings. The lowest BCUT2D eigenvalue weighted by Crippen LogP contribution is -2.25. The van der Waals surface area contributed by atoms with E-state index in [0.717, 1.165) is 6.42 Å². The molecule has 0 unspecified atom stereocenters. The van der Waals surface area contributed by atoms with Crippen molar-refractivity contribution < 1.29 is 23.8 Å². The predicted molar refractivity (Wildman–Crippen MR) is 94.3 cm³/mol. The quantitative estimate of drug-likeness (QED) is 0.494. The molecule has 1 atom stereocenters. The van der Waals surface area contributed by atoms with Crippen LogP contribution in [-0.2, 0) is 9.53 Å². The second-order valence-electron chi connectivity index (χ2n) is 5.13.